The number of halogens is 1. The minimum Gasteiger partial charge on any atom is -0.464 e. The summed E-state index contributed by atoms with van der Waals surface area (Å²) in [4.78, 5) is 24.3. The van der Waals surface area contributed by atoms with Crippen LogP contribution in [0, 0.1) is 0 Å². The van der Waals surface area contributed by atoms with Gasteiger partial charge in [0.15, 0.2) is 0 Å². The van der Waals surface area contributed by atoms with E-state index in [9.17, 15) is 9.59 Å². The standard InChI is InChI=1S/C18H11ClN2O4/c19-11-2-4-14-12(8-11)15(16(25-14)17(20)22)21-18(23)10-1-3-13-9(7-10)5-6-24-13/h1-8H,(H2,20,22)(H,21,23). The SMILES string of the molecule is NC(=O)c1oc2ccc(Cl)cc2c1NC(=O)c1ccc2occc2c1. The Morgan fingerprint density at radius 2 is 1.84 bits per heavy atom. The van der Waals surface area contributed by atoms with Crippen LogP contribution < -0.4 is 11.1 Å². The molecular weight excluding hydrogens is 344 g/mol. The van der Waals surface area contributed by atoms with Crippen LogP contribution in [0.5, 0.6) is 0 Å². The van der Waals surface area contributed by atoms with E-state index in [0.717, 1.165) is 5.39 Å². The molecular formula is C18H11ClN2O4. The molecule has 0 unspecified atom stereocenters. The van der Waals surface area contributed by atoms with Crippen LogP contribution in [0.1, 0.15) is 20.9 Å². The van der Waals surface area contributed by atoms with E-state index in [1.54, 1.807) is 48.7 Å². The molecule has 2 aromatic carbocycles. The molecule has 25 heavy (non-hydrogen) atoms. The van der Waals surface area contributed by atoms with Crippen molar-refractivity contribution < 1.29 is 18.4 Å². The minimum absolute atomic E-state index is 0.130. The lowest BCUT2D eigenvalue weighted by Gasteiger charge is -2.05. The van der Waals surface area contributed by atoms with Crippen molar-refractivity contribution in [3.05, 3.63) is 65.1 Å². The molecule has 124 valence electrons. The molecule has 0 aliphatic heterocycles. The molecule has 0 bridgehead atoms. The predicted molar refractivity (Wildman–Crippen MR) is 93.9 cm³/mol. The number of nitrogens with one attached hydrogen (secondary N) is 1. The number of hydrogen-bond acceptors (Lipinski definition) is 4. The molecule has 0 saturated carbocycles. The van der Waals surface area contributed by atoms with Crippen LogP contribution in [0.4, 0.5) is 5.69 Å². The Hall–Kier alpha value is -3.25. The quantitative estimate of drug-likeness (QED) is 0.576. The van der Waals surface area contributed by atoms with Crippen LogP contribution in [-0.4, -0.2) is 11.8 Å². The monoisotopic (exact) mass is 354 g/mol. The van der Waals surface area contributed by atoms with Crippen molar-refractivity contribution in [2.75, 3.05) is 5.32 Å². The van der Waals surface area contributed by atoms with Gasteiger partial charge in [0.2, 0.25) is 5.76 Å². The molecule has 2 amide bonds. The van der Waals surface area contributed by atoms with E-state index in [1.165, 1.54) is 0 Å². The van der Waals surface area contributed by atoms with E-state index in [0.29, 0.717) is 27.1 Å². The van der Waals surface area contributed by atoms with E-state index in [-0.39, 0.29) is 11.4 Å². The number of carbonyl (C=O) groups excluding carboxylic acids is 2. The second kappa shape index (κ2) is 5.68. The fourth-order valence-electron chi connectivity index (χ4n) is 2.66. The van der Waals surface area contributed by atoms with Gasteiger partial charge in [0.25, 0.3) is 11.8 Å². The third-order valence-electron chi connectivity index (χ3n) is 3.83. The van der Waals surface area contributed by atoms with Gasteiger partial charge < -0.3 is 19.9 Å². The van der Waals surface area contributed by atoms with Crippen molar-refractivity contribution in [2.45, 2.75) is 0 Å². The lowest BCUT2D eigenvalue weighted by molar-refractivity contribution is 0.0977. The lowest BCUT2D eigenvalue weighted by atomic mass is 10.1. The number of benzene rings is 2. The maximum absolute atomic E-state index is 12.6. The second-order valence-electron chi connectivity index (χ2n) is 5.44. The van der Waals surface area contributed by atoms with Crippen molar-refractivity contribution in [3.63, 3.8) is 0 Å². The van der Waals surface area contributed by atoms with Crippen LogP contribution in [0.15, 0.2) is 57.6 Å². The van der Waals surface area contributed by atoms with Gasteiger partial charge >= 0.3 is 0 Å². The number of anilines is 1. The van der Waals surface area contributed by atoms with Gasteiger partial charge in [-0.05, 0) is 42.5 Å². The summed E-state index contributed by atoms with van der Waals surface area (Å²) in [5.74, 6) is -1.32. The highest BCUT2D eigenvalue weighted by Gasteiger charge is 2.21. The van der Waals surface area contributed by atoms with Crippen molar-refractivity contribution >= 4 is 51.0 Å². The van der Waals surface area contributed by atoms with Crippen LogP contribution >= 0.6 is 11.6 Å². The number of primary amides is 1. The van der Waals surface area contributed by atoms with Gasteiger partial charge in [-0.2, -0.15) is 0 Å². The molecule has 0 aliphatic carbocycles. The van der Waals surface area contributed by atoms with Gasteiger partial charge in [0.05, 0.1) is 6.26 Å². The Bertz CT molecular complexity index is 1140. The number of rotatable bonds is 3. The zero-order valence-corrected chi connectivity index (χ0v) is 13.5. The first-order valence-electron chi connectivity index (χ1n) is 7.33. The van der Waals surface area contributed by atoms with Crippen LogP contribution in [0.3, 0.4) is 0 Å². The van der Waals surface area contributed by atoms with Crippen LogP contribution in [0.25, 0.3) is 21.9 Å². The lowest BCUT2D eigenvalue weighted by Crippen LogP contribution is -2.17. The molecule has 0 aliphatic rings. The molecule has 7 heteroatoms. The molecule has 2 aromatic heterocycles. The number of hydrogen-bond donors (Lipinski definition) is 2. The maximum atomic E-state index is 12.6. The van der Waals surface area contributed by atoms with Crippen molar-refractivity contribution in [3.8, 4) is 0 Å². The van der Waals surface area contributed by atoms with Gasteiger partial charge in [-0.1, -0.05) is 11.6 Å². The first-order valence-corrected chi connectivity index (χ1v) is 7.71. The van der Waals surface area contributed by atoms with Gasteiger partial charge in [-0.15, -0.1) is 0 Å². The Labute approximate surface area is 146 Å². The molecule has 2 heterocycles. The number of furan rings is 2. The molecule has 3 N–H and O–H groups in total. The smallest absolute Gasteiger partial charge is 0.286 e. The highest BCUT2D eigenvalue weighted by atomic mass is 35.5. The molecule has 0 radical (unpaired) electrons. The Morgan fingerprint density at radius 1 is 1.04 bits per heavy atom. The summed E-state index contributed by atoms with van der Waals surface area (Å²) in [6.07, 6.45) is 1.54. The van der Waals surface area contributed by atoms with Crippen LogP contribution in [-0.2, 0) is 0 Å². The number of fused-ring (bicyclic) bond motifs is 2. The molecule has 0 spiro atoms. The molecule has 0 fully saturated rings. The van der Waals surface area contributed by atoms with Gasteiger partial charge in [0.1, 0.15) is 16.9 Å². The highest BCUT2D eigenvalue weighted by molar-refractivity contribution is 6.31. The topological polar surface area (TPSA) is 98.5 Å². The third kappa shape index (κ3) is 2.62. The largest absolute Gasteiger partial charge is 0.464 e. The summed E-state index contributed by atoms with van der Waals surface area (Å²) in [6.45, 7) is 0. The summed E-state index contributed by atoms with van der Waals surface area (Å²) in [5, 5.41) is 4.43. The number of nitrogens with two attached hydrogens (primary N) is 1. The van der Waals surface area contributed by atoms with E-state index in [1.807, 2.05) is 0 Å². The van der Waals surface area contributed by atoms with Gasteiger partial charge in [-0.25, -0.2) is 0 Å². The van der Waals surface area contributed by atoms with Crippen molar-refractivity contribution in [1.82, 2.24) is 0 Å². The summed E-state index contributed by atoms with van der Waals surface area (Å²) in [6, 6.07) is 11.6. The van der Waals surface area contributed by atoms with Crippen molar-refractivity contribution in [2.24, 2.45) is 5.73 Å². The fraction of sp³-hybridized carbons (Fsp3) is 0. The highest BCUT2D eigenvalue weighted by Crippen LogP contribution is 2.33. The predicted octanol–water partition coefficient (Wildman–Crippen LogP) is 4.18. The summed E-state index contributed by atoms with van der Waals surface area (Å²) in [5.41, 5.74) is 7.04. The number of carbonyl (C=O) groups is 2. The number of amides is 2. The molecule has 0 atom stereocenters. The maximum Gasteiger partial charge on any atom is 0.286 e. The Kier molecular flexibility index (Phi) is 3.47. The third-order valence-corrected chi connectivity index (χ3v) is 4.06. The second-order valence-corrected chi connectivity index (χ2v) is 5.87. The summed E-state index contributed by atoms with van der Waals surface area (Å²) in [7, 11) is 0. The van der Waals surface area contributed by atoms with Gasteiger partial charge in [0, 0.05) is 21.4 Å². The van der Waals surface area contributed by atoms with E-state index < -0.39 is 11.8 Å². The Morgan fingerprint density at radius 3 is 2.64 bits per heavy atom. The molecule has 6 nitrogen and oxygen atoms in total. The first-order chi connectivity index (χ1) is 12.0. The fourth-order valence-corrected chi connectivity index (χ4v) is 2.83. The van der Waals surface area contributed by atoms with Crippen LogP contribution in [0.2, 0.25) is 5.02 Å². The first kappa shape index (κ1) is 15.3. The van der Waals surface area contributed by atoms with Gasteiger partial charge in [-0.3, -0.25) is 9.59 Å². The average molecular weight is 355 g/mol. The summed E-state index contributed by atoms with van der Waals surface area (Å²) < 4.78 is 10.7. The average Bonchev–Trinajstić information content (AvgIpc) is 3.19. The minimum atomic E-state index is -0.784. The molecule has 0 saturated heterocycles. The molecule has 4 aromatic rings. The molecule has 4 rings (SSSR count). The zero-order chi connectivity index (χ0) is 17.6. The normalized spacial score (nSPS) is 11.1. The zero-order valence-electron chi connectivity index (χ0n) is 12.7. The van der Waals surface area contributed by atoms with E-state index >= 15 is 0 Å². The van der Waals surface area contributed by atoms with E-state index in [4.69, 9.17) is 26.2 Å². The van der Waals surface area contributed by atoms with E-state index in [2.05, 4.69) is 5.32 Å². The van der Waals surface area contributed by atoms with Crippen molar-refractivity contribution in [1.29, 1.82) is 0 Å². The Balaban J connectivity index is 1.78. The summed E-state index contributed by atoms with van der Waals surface area (Å²) >= 11 is 6.00.